The molecule has 1 aromatic heterocycles. The van der Waals surface area contributed by atoms with E-state index >= 15 is 0 Å². The highest BCUT2D eigenvalue weighted by Gasteiger charge is 2.07. The lowest BCUT2D eigenvalue weighted by atomic mass is 10.3. The highest BCUT2D eigenvalue weighted by Crippen LogP contribution is 1.99. The van der Waals surface area contributed by atoms with E-state index in [1.165, 1.54) is 0 Å². The zero-order valence-corrected chi connectivity index (χ0v) is 11.2. The first-order chi connectivity index (χ1) is 9.17. The molecule has 0 fully saturated rings. The van der Waals surface area contributed by atoms with Crippen LogP contribution in [0.1, 0.15) is 10.5 Å². The number of likely N-dealkylation sites (N-methyl/N-ethyl adjacent to an activating group) is 1. The lowest BCUT2D eigenvalue weighted by Gasteiger charge is -2.15. The maximum atomic E-state index is 11.7. The molecular formula is C11H20N6O2. The fraction of sp³-hybridized carbons (Fsp3) is 0.545. The van der Waals surface area contributed by atoms with Gasteiger partial charge in [0, 0.05) is 26.7 Å². The van der Waals surface area contributed by atoms with Gasteiger partial charge < -0.3 is 20.4 Å². The van der Waals surface area contributed by atoms with Crippen LogP contribution in [0.3, 0.4) is 0 Å². The zero-order chi connectivity index (χ0) is 14.1. The number of carbonyl (C=O) groups is 1. The van der Waals surface area contributed by atoms with E-state index in [9.17, 15) is 4.79 Å². The molecular weight excluding hydrogens is 248 g/mol. The molecule has 1 rings (SSSR count). The van der Waals surface area contributed by atoms with Gasteiger partial charge in [0.2, 0.25) is 0 Å². The third kappa shape index (κ3) is 5.60. The van der Waals surface area contributed by atoms with Gasteiger partial charge >= 0.3 is 0 Å². The van der Waals surface area contributed by atoms with Gasteiger partial charge in [-0.3, -0.25) is 4.79 Å². The number of methoxy groups -OCH3 is 1. The van der Waals surface area contributed by atoms with Crippen LogP contribution in [0, 0.1) is 0 Å². The highest BCUT2D eigenvalue weighted by molar-refractivity contribution is 5.92. The monoisotopic (exact) mass is 268 g/mol. The summed E-state index contributed by atoms with van der Waals surface area (Å²) in [5, 5.41) is 10.3. The van der Waals surface area contributed by atoms with Gasteiger partial charge in [-0.25, -0.2) is 5.84 Å². The Balaban J connectivity index is 2.30. The summed E-state index contributed by atoms with van der Waals surface area (Å²) in [6, 6.07) is 3.15. The molecule has 4 N–H and O–H groups in total. The summed E-state index contributed by atoms with van der Waals surface area (Å²) in [5.41, 5.74) is 2.61. The Morgan fingerprint density at radius 2 is 2.21 bits per heavy atom. The van der Waals surface area contributed by atoms with Gasteiger partial charge in [0.15, 0.2) is 11.5 Å². The third-order valence-corrected chi connectivity index (χ3v) is 2.50. The number of nitrogen functional groups attached to an aromatic ring is 1. The van der Waals surface area contributed by atoms with Gasteiger partial charge in [0.1, 0.15) is 0 Å². The molecule has 0 radical (unpaired) electrons. The minimum absolute atomic E-state index is 0.254. The number of hydrazine groups is 1. The van der Waals surface area contributed by atoms with Gasteiger partial charge in [0.05, 0.1) is 6.61 Å². The fourth-order valence-electron chi connectivity index (χ4n) is 1.34. The lowest BCUT2D eigenvalue weighted by Crippen LogP contribution is -2.34. The molecule has 0 atom stereocenters. The second kappa shape index (κ2) is 8.35. The van der Waals surface area contributed by atoms with Crippen LogP contribution >= 0.6 is 0 Å². The van der Waals surface area contributed by atoms with Crippen molar-refractivity contribution in [3.63, 3.8) is 0 Å². The Kier molecular flexibility index (Phi) is 6.72. The number of hydrogen-bond acceptors (Lipinski definition) is 7. The number of nitrogens with two attached hydrogens (primary N) is 1. The van der Waals surface area contributed by atoms with E-state index in [1.54, 1.807) is 19.2 Å². The molecule has 0 saturated carbocycles. The van der Waals surface area contributed by atoms with Gasteiger partial charge in [0.25, 0.3) is 5.91 Å². The summed E-state index contributed by atoms with van der Waals surface area (Å²) < 4.78 is 4.97. The van der Waals surface area contributed by atoms with Crippen molar-refractivity contribution >= 4 is 11.7 Å². The van der Waals surface area contributed by atoms with Crippen molar-refractivity contribution in [2.45, 2.75) is 0 Å². The topological polar surface area (TPSA) is 105 Å². The number of ether oxygens (including phenoxy) is 1. The summed E-state index contributed by atoms with van der Waals surface area (Å²) >= 11 is 0. The standard InChI is InChI=1S/C11H20N6O2/c1-17(7-8-19-2)6-5-13-11(18)9-3-4-10(14-12)16-15-9/h3-4H,5-8,12H2,1-2H3,(H,13,18)(H,14,16). The van der Waals surface area contributed by atoms with E-state index < -0.39 is 0 Å². The van der Waals surface area contributed by atoms with Crippen LogP contribution in [0.25, 0.3) is 0 Å². The second-order valence-electron chi connectivity index (χ2n) is 4.00. The number of hydrogen-bond donors (Lipinski definition) is 3. The molecule has 8 heteroatoms. The first kappa shape index (κ1) is 15.3. The summed E-state index contributed by atoms with van der Waals surface area (Å²) in [5.74, 6) is 5.32. The average Bonchev–Trinajstić information content (AvgIpc) is 2.45. The quantitative estimate of drug-likeness (QED) is 0.413. The van der Waals surface area contributed by atoms with Crippen molar-refractivity contribution in [1.29, 1.82) is 0 Å². The smallest absolute Gasteiger partial charge is 0.271 e. The fourth-order valence-corrected chi connectivity index (χ4v) is 1.34. The van der Waals surface area contributed by atoms with Gasteiger partial charge in [-0.05, 0) is 19.2 Å². The summed E-state index contributed by atoms with van der Waals surface area (Å²) in [6.45, 7) is 2.77. The number of aromatic nitrogens is 2. The molecule has 1 heterocycles. The van der Waals surface area contributed by atoms with Gasteiger partial charge in [-0.1, -0.05) is 0 Å². The number of anilines is 1. The van der Waals surface area contributed by atoms with E-state index in [-0.39, 0.29) is 11.6 Å². The van der Waals surface area contributed by atoms with E-state index in [4.69, 9.17) is 10.6 Å². The number of nitrogens with zero attached hydrogens (tertiary/aromatic N) is 3. The number of rotatable bonds is 8. The second-order valence-corrected chi connectivity index (χ2v) is 4.00. The van der Waals surface area contributed by atoms with Crippen LogP contribution in [-0.2, 0) is 4.74 Å². The molecule has 1 aromatic rings. The molecule has 19 heavy (non-hydrogen) atoms. The molecule has 0 aliphatic carbocycles. The molecule has 0 aliphatic rings. The van der Waals surface area contributed by atoms with Crippen molar-refractivity contribution in [1.82, 2.24) is 20.4 Å². The van der Waals surface area contributed by atoms with Crippen LogP contribution in [0.15, 0.2) is 12.1 Å². The molecule has 8 nitrogen and oxygen atoms in total. The molecule has 0 spiro atoms. The van der Waals surface area contributed by atoms with Crippen LogP contribution in [0.5, 0.6) is 0 Å². The summed E-state index contributed by atoms with van der Waals surface area (Å²) in [4.78, 5) is 13.8. The largest absolute Gasteiger partial charge is 0.383 e. The highest BCUT2D eigenvalue weighted by atomic mass is 16.5. The van der Waals surface area contributed by atoms with Crippen molar-refractivity contribution in [2.24, 2.45) is 5.84 Å². The normalized spacial score (nSPS) is 10.5. The van der Waals surface area contributed by atoms with Crippen molar-refractivity contribution < 1.29 is 9.53 Å². The molecule has 106 valence electrons. The van der Waals surface area contributed by atoms with Gasteiger partial charge in [-0.2, -0.15) is 0 Å². The zero-order valence-electron chi connectivity index (χ0n) is 11.2. The first-order valence-electron chi connectivity index (χ1n) is 5.93. The maximum absolute atomic E-state index is 11.7. The van der Waals surface area contributed by atoms with Crippen LogP contribution in [-0.4, -0.2) is 61.4 Å². The molecule has 0 unspecified atom stereocenters. The lowest BCUT2D eigenvalue weighted by molar-refractivity contribution is 0.0941. The van der Waals surface area contributed by atoms with E-state index in [2.05, 4.69) is 25.8 Å². The van der Waals surface area contributed by atoms with Crippen molar-refractivity contribution in [3.8, 4) is 0 Å². The third-order valence-electron chi connectivity index (χ3n) is 2.50. The van der Waals surface area contributed by atoms with Crippen molar-refractivity contribution in [2.75, 3.05) is 45.8 Å². The Bertz CT molecular complexity index is 383. The molecule has 0 saturated heterocycles. The predicted octanol–water partition coefficient (Wildman–Crippen LogP) is -0.930. The molecule has 0 aromatic carbocycles. The predicted molar refractivity (Wildman–Crippen MR) is 71.5 cm³/mol. The van der Waals surface area contributed by atoms with E-state index in [1.807, 2.05) is 7.05 Å². The van der Waals surface area contributed by atoms with Crippen molar-refractivity contribution in [3.05, 3.63) is 17.8 Å². The Morgan fingerprint density at radius 1 is 1.42 bits per heavy atom. The number of amides is 1. The SMILES string of the molecule is COCCN(C)CCNC(=O)c1ccc(NN)nn1. The Morgan fingerprint density at radius 3 is 2.79 bits per heavy atom. The molecule has 0 aliphatic heterocycles. The maximum Gasteiger partial charge on any atom is 0.271 e. The number of carbonyl (C=O) groups excluding carboxylic acids is 1. The average molecular weight is 268 g/mol. The van der Waals surface area contributed by atoms with Crippen LogP contribution in [0.2, 0.25) is 0 Å². The van der Waals surface area contributed by atoms with Crippen LogP contribution in [0.4, 0.5) is 5.82 Å². The Hall–Kier alpha value is -1.77. The van der Waals surface area contributed by atoms with E-state index in [0.29, 0.717) is 19.0 Å². The summed E-state index contributed by atoms with van der Waals surface area (Å²) in [7, 11) is 3.63. The minimum atomic E-state index is -0.254. The first-order valence-corrected chi connectivity index (χ1v) is 5.93. The molecule has 1 amide bonds. The Labute approximate surface area is 112 Å². The van der Waals surface area contributed by atoms with Crippen LogP contribution < -0.4 is 16.6 Å². The van der Waals surface area contributed by atoms with E-state index in [0.717, 1.165) is 13.1 Å². The van der Waals surface area contributed by atoms with Gasteiger partial charge in [-0.15, -0.1) is 10.2 Å². The minimum Gasteiger partial charge on any atom is -0.383 e. The molecule has 0 bridgehead atoms. The summed E-state index contributed by atoms with van der Waals surface area (Å²) in [6.07, 6.45) is 0. The number of nitrogens with one attached hydrogen (secondary N) is 2.